The first-order chi connectivity index (χ1) is 15.0. The zero-order valence-corrected chi connectivity index (χ0v) is 20.4. The van der Waals surface area contributed by atoms with Gasteiger partial charge in [-0.2, -0.15) is 4.31 Å². The van der Waals surface area contributed by atoms with E-state index in [1.54, 1.807) is 17.0 Å². The van der Waals surface area contributed by atoms with Gasteiger partial charge in [0.1, 0.15) is 5.60 Å². The molecule has 10 heteroatoms. The monoisotopic (exact) mass is 485 g/mol. The molecule has 32 heavy (non-hydrogen) atoms. The number of ether oxygens (including phenoxy) is 1. The summed E-state index contributed by atoms with van der Waals surface area (Å²) in [5, 5.41) is 3.53. The molecule has 1 atom stereocenters. The largest absolute Gasteiger partial charge is 0.444 e. The number of sulfonamides is 1. The van der Waals surface area contributed by atoms with Crippen LogP contribution in [-0.4, -0.2) is 67.4 Å². The molecule has 0 radical (unpaired) electrons. The Labute approximate surface area is 195 Å². The van der Waals surface area contributed by atoms with E-state index in [9.17, 15) is 18.0 Å². The summed E-state index contributed by atoms with van der Waals surface area (Å²) in [4.78, 5) is 26.9. The summed E-state index contributed by atoms with van der Waals surface area (Å²) in [6.45, 7) is 7.08. The van der Waals surface area contributed by atoms with Gasteiger partial charge in [-0.25, -0.2) is 13.2 Å². The van der Waals surface area contributed by atoms with Crippen LogP contribution in [0, 0.1) is 5.92 Å². The lowest BCUT2D eigenvalue weighted by molar-refractivity contribution is -0.127. The second kappa shape index (κ2) is 9.97. The molecule has 1 N–H and O–H groups in total. The zero-order chi connectivity index (χ0) is 23.5. The highest BCUT2D eigenvalue weighted by Gasteiger charge is 2.35. The highest BCUT2D eigenvalue weighted by Crippen LogP contribution is 2.25. The fraction of sp³-hybridized carbons (Fsp3) is 0.636. The van der Waals surface area contributed by atoms with E-state index in [2.05, 4.69) is 5.32 Å². The van der Waals surface area contributed by atoms with Crippen LogP contribution in [0.3, 0.4) is 0 Å². The molecule has 0 spiro atoms. The van der Waals surface area contributed by atoms with Crippen molar-refractivity contribution >= 4 is 33.6 Å². The Balaban J connectivity index is 1.53. The molecular weight excluding hydrogens is 454 g/mol. The molecule has 2 aliphatic heterocycles. The lowest BCUT2D eigenvalue weighted by Crippen LogP contribution is -2.51. The minimum absolute atomic E-state index is 0.0376. The molecule has 1 aromatic carbocycles. The van der Waals surface area contributed by atoms with E-state index < -0.39 is 21.5 Å². The molecule has 0 bridgehead atoms. The van der Waals surface area contributed by atoms with Crippen molar-refractivity contribution in [3.63, 3.8) is 0 Å². The topological polar surface area (TPSA) is 96.0 Å². The van der Waals surface area contributed by atoms with Crippen LogP contribution in [0.2, 0.25) is 5.02 Å². The molecule has 2 fully saturated rings. The minimum atomic E-state index is -3.67. The van der Waals surface area contributed by atoms with Crippen molar-refractivity contribution < 1.29 is 22.7 Å². The molecule has 0 saturated carbocycles. The summed E-state index contributed by atoms with van der Waals surface area (Å²) < 4.78 is 32.7. The Morgan fingerprint density at radius 1 is 1.06 bits per heavy atom. The van der Waals surface area contributed by atoms with E-state index >= 15 is 0 Å². The van der Waals surface area contributed by atoms with Gasteiger partial charge in [0.15, 0.2) is 0 Å². The lowest BCUT2D eigenvalue weighted by atomic mass is 9.97. The van der Waals surface area contributed by atoms with Crippen molar-refractivity contribution in [3.05, 3.63) is 29.3 Å². The third kappa shape index (κ3) is 6.36. The van der Waals surface area contributed by atoms with Gasteiger partial charge < -0.3 is 15.0 Å². The van der Waals surface area contributed by atoms with E-state index in [-0.39, 0.29) is 29.5 Å². The maximum Gasteiger partial charge on any atom is 0.410 e. The molecule has 2 aliphatic rings. The first kappa shape index (κ1) is 24.8. The second-order valence-corrected chi connectivity index (χ2v) is 11.8. The average Bonchev–Trinajstić information content (AvgIpc) is 2.73. The fourth-order valence-corrected chi connectivity index (χ4v) is 5.63. The fourth-order valence-electron chi connectivity index (χ4n) is 3.98. The predicted molar refractivity (Wildman–Crippen MR) is 122 cm³/mol. The van der Waals surface area contributed by atoms with Crippen LogP contribution in [-0.2, 0) is 19.6 Å². The van der Waals surface area contributed by atoms with Gasteiger partial charge in [0.2, 0.25) is 15.9 Å². The summed E-state index contributed by atoms with van der Waals surface area (Å²) in [5.74, 6) is -0.522. The predicted octanol–water partition coefficient (Wildman–Crippen LogP) is 3.26. The van der Waals surface area contributed by atoms with E-state index in [1.165, 1.54) is 16.4 Å². The number of likely N-dealkylation sites (tertiary alicyclic amines) is 1. The number of carbonyl (C=O) groups excluding carboxylic acids is 2. The molecule has 178 valence electrons. The number of carbonyl (C=O) groups is 2. The van der Waals surface area contributed by atoms with Crippen LogP contribution < -0.4 is 5.32 Å². The number of piperidine rings is 2. The van der Waals surface area contributed by atoms with Crippen molar-refractivity contribution in [2.24, 2.45) is 5.92 Å². The molecule has 0 aromatic heterocycles. The number of benzene rings is 1. The van der Waals surface area contributed by atoms with E-state index in [0.29, 0.717) is 50.3 Å². The third-order valence-corrected chi connectivity index (χ3v) is 7.83. The van der Waals surface area contributed by atoms with Crippen molar-refractivity contribution in [1.29, 1.82) is 0 Å². The van der Waals surface area contributed by atoms with Crippen LogP contribution in [0.15, 0.2) is 29.2 Å². The number of halogens is 1. The minimum Gasteiger partial charge on any atom is -0.444 e. The van der Waals surface area contributed by atoms with Gasteiger partial charge in [0.25, 0.3) is 0 Å². The smallest absolute Gasteiger partial charge is 0.410 e. The van der Waals surface area contributed by atoms with Gasteiger partial charge >= 0.3 is 6.09 Å². The van der Waals surface area contributed by atoms with E-state index in [4.69, 9.17) is 16.3 Å². The summed E-state index contributed by atoms with van der Waals surface area (Å²) in [6.07, 6.45) is 2.23. The van der Waals surface area contributed by atoms with Gasteiger partial charge in [-0.15, -0.1) is 0 Å². The number of hydrogen-bond donors (Lipinski definition) is 1. The first-order valence-electron chi connectivity index (χ1n) is 11.0. The molecule has 0 aliphatic carbocycles. The summed E-state index contributed by atoms with van der Waals surface area (Å²) in [6, 6.07) is 6.03. The van der Waals surface area contributed by atoms with Gasteiger partial charge in [-0.1, -0.05) is 11.6 Å². The molecule has 3 rings (SSSR count). The van der Waals surface area contributed by atoms with Crippen LogP contribution in [0.1, 0.15) is 46.5 Å². The molecule has 2 amide bonds. The lowest BCUT2D eigenvalue weighted by Gasteiger charge is -2.35. The second-order valence-electron chi connectivity index (χ2n) is 9.41. The van der Waals surface area contributed by atoms with Crippen molar-refractivity contribution in [2.75, 3.05) is 26.2 Å². The van der Waals surface area contributed by atoms with Crippen molar-refractivity contribution in [3.8, 4) is 0 Å². The quantitative estimate of drug-likeness (QED) is 0.706. The molecule has 1 aromatic rings. The number of hydrogen-bond acceptors (Lipinski definition) is 5. The molecule has 8 nitrogen and oxygen atoms in total. The highest BCUT2D eigenvalue weighted by molar-refractivity contribution is 7.89. The van der Waals surface area contributed by atoms with E-state index in [0.717, 1.165) is 0 Å². The average molecular weight is 486 g/mol. The van der Waals surface area contributed by atoms with Crippen molar-refractivity contribution in [1.82, 2.24) is 14.5 Å². The van der Waals surface area contributed by atoms with Crippen LogP contribution in [0.25, 0.3) is 0 Å². The van der Waals surface area contributed by atoms with Gasteiger partial charge in [0.05, 0.1) is 10.8 Å². The van der Waals surface area contributed by atoms with Crippen molar-refractivity contribution in [2.45, 2.75) is 63.0 Å². The normalized spacial score (nSPS) is 21.2. The summed E-state index contributed by atoms with van der Waals surface area (Å²) in [7, 11) is -3.67. The Kier molecular flexibility index (Phi) is 7.73. The summed E-state index contributed by atoms with van der Waals surface area (Å²) in [5.41, 5.74) is -0.540. The van der Waals surface area contributed by atoms with Crippen LogP contribution in [0.4, 0.5) is 4.79 Å². The number of rotatable bonds is 4. The maximum absolute atomic E-state index is 13.0. The first-order valence-corrected chi connectivity index (χ1v) is 12.8. The van der Waals surface area contributed by atoms with E-state index in [1.807, 2.05) is 20.8 Å². The third-order valence-electron chi connectivity index (χ3n) is 5.70. The van der Waals surface area contributed by atoms with Gasteiger partial charge in [-0.05, 0) is 70.7 Å². The number of nitrogens with zero attached hydrogens (tertiary/aromatic N) is 2. The Hall–Kier alpha value is -1.84. The Bertz CT molecular complexity index is 922. The Morgan fingerprint density at radius 3 is 2.28 bits per heavy atom. The summed E-state index contributed by atoms with van der Waals surface area (Å²) >= 11 is 5.87. The standard InChI is InChI=1S/C22H32ClN3O5S/c1-22(2,3)31-21(28)25-13-10-18(11-14-25)24-20(27)16-5-4-12-26(15-16)32(29,30)19-8-6-17(23)7-9-19/h6-9,16,18H,4-5,10-15H2,1-3H3,(H,24,27). The van der Waals surface area contributed by atoms with Gasteiger partial charge in [0, 0.05) is 37.2 Å². The SMILES string of the molecule is CC(C)(C)OC(=O)N1CCC(NC(=O)C2CCCN(S(=O)(=O)c3ccc(Cl)cc3)C2)CC1. The number of nitrogens with one attached hydrogen (secondary N) is 1. The highest BCUT2D eigenvalue weighted by atomic mass is 35.5. The Morgan fingerprint density at radius 2 is 1.69 bits per heavy atom. The maximum atomic E-state index is 13.0. The van der Waals surface area contributed by atoms with Gasteiger partial charge in [-0.3, -0.25) is 4.79 Å². The number of amides is 2. The molecular formula is C22H32ClN3O5S. The molecule has 2 heterocycles. The van der Waals surface area contributed by atoms with Crippen LogP contribution in [0.5, 0.6) is 0 Å². The molecule has 2 saturated heterocycles. The zero-order valence-electron chi connectivity index (χ0n) is 18.8. The molecule has 1 unspecified atom stereocenters. The van der Waals surface area contributed by atoms with Crippen LogP contribution >= 0.6 is 11.6 Å².